The smallest absolute Gasteiger partial charge is 0.304 e. The number of nitrogens with one attached hydrogen (secondary N) is 1. The first-order valence-corrected chi connectivity index (χ1v) is 13.6. The van der Waals surface area contributed by atoms with Gasteiger partial charge in [0.15, 0.2) is 0 Å². The zero-order valence-corrected chi connectivity index (χ0v) is 23.1. The fraction of sp³-hybridized carbons (Fsp3) is 0.276. The molecule has 0 bridgehead atoms. The molecular formula is C29H35FN4O3S. The largest absolute Gasteiger partial charge is 0.481 e. The summed E-state index contributed by atoms with van der Waals surface area (Å²) >= 11 is 0. The molecule has 0 fully saturated rings. The van der Waals surface area contributed by atoms with E-state index in [2.05, 4.69) is 42.4 Å². The van der Waals surface area contributed by atoms with E-state index >= 15 is 0 Å². The molecule has 2 atom stereocenters. The lowest BCUT2D eigenvalue weighted by Gasteiger charge is -2.20. The molecule has 2 N–H and O–H groups in total. The average Bonchev–Trinajstić information content (AvgIpc) is 3.32. The first kappa shape index (κ1) is 30.4. The predicted octanol–water partition coefficient (Wildman–Crippen LogP) is 6.32. The second kappa shape index (κ2) is 14.8. The summed E-state index contributed by atoms with van der Waals surface area (Å²) in [4.78, 5) is 14.9. The fourth-order valence-electron chi connectivity index (χ4n) is 3.57. The maximum atomic E-state index is 13.4. The molecule has 3 rings (SSSR count). The third-order valence-electron chi connectivity index (χ3n) is 5.36. The van der Waals surface area contributed by atoms with Crippen LogP contribution in [0.15, 0.2) is 78.7 Å². The monoisotopic (exact) mass is 538 g/mol. The third-order valence-corrected chi connectivity index (χ3v) is 6.62. The summed E-state index contributed by atoms with van der Waals surface area (Å²) in [7, 11) is -1.50. The molecule has 0 saturated carbocycles. The summed E-state index contributed by atoms with van der Waals surface area (Å²) in [6, 6.07) is 9.35. The van der Waals surface area contributed by atoms with Gasteiger partial charge in [-0.3, -0.25) is 9.00 Å². The molecule has 2 aromatic heterocycles. The van der Waals surface area contributed by atoms with Gasteiger partial charge in [-0.1, -0.05) is 39.5 Å². The van der Waals surface area contributed by atoms with E-state index in [0.29, 0.717) is 16.4 Å². The van der Waals surface area contributed by atoms with E-state index in [1.807, 2.05) is 19.9 Å². The van der Waals surface area contributed by atoms with Crippen LogP contribution in [-0.2, 0) is 15.6 Å². The van der Waals surface area contributed by atoms with Crippen LogP contribution in [-0.4, -0.2) is 35.8 Å². The lowest BCUT2D eigenvalue weighted by atomic mass is 10.0. The van der Waals surface area contributed by atoms with Crippen molar-refractivity contribution in [3.05, 3.63) is 96.4 Å². The van der Waals surface area contributed by atoms with Gasteiger partial charge in [-0.2, -0.15) is 5.10 Å². The maximum absolute atomic E-state index is 13.4. The molecule has 0 aliphatic heterocycles. The molecule has 7 nitrogen and oxygen atoms in total. The van der Waals surface area contributed by atoms with Crippen molar-refractivity contribution in [3.8, 4) is 5.69 Å². The minimum atomic E-state index is -1.50. The highest BCUT2D eigenvalue weighted by molar-refractivity contribution is 7.85. The number of carbonyl (C=O) groups is 1. The van der Waals surface area contributed by atoms with E-state index in [-0.39, 0.29) is 24.0 Å². The van der Waals surface area contributed by atoms with Crippen LogP contribution in [0.25, 0.3) is 17.3 Å². The van der Waals surface area contributed by atoms with Gasteiger partial charge in [0, 0.05) is 34.8 Å². The second-order valence-corrected chi connectivity index (χ2v) is 9.93. The zero-order valence-electron chi connectivity index (χ0n) is 22.3. The van der Waals surface area contributed by atoms with Gasteiger partial charge in [-0.15, -0.1) is 0 Å². The highest BCUT2D eigenvalue weighted by Crippen LogP contribution is 2.28. The number of hydrogen-bond acceptors (Lipinski definition) is 5. The summed E-state index contributed by atoms with van der Waals surface area (Å²) in [6.07, 6.45) is 7.94. The standard InChI is InChI=1S/C26H27FN4O3S.C3H8/c1-5-22(23-16-29-31(24(23)6-2)21-9-7-20(27)8-10-21)18(4)30-17(3)19-11-13-28-25(15-19)35(34)14-12-26(32)33;1-3-2/h5-11,13,15-17,30H,2,4,12,14H2,1,3H3,(H,32,33);3H2,1-2H3/b22-5-;. The van der Waals surface area contributed by atoms with Gasteiger partial charge in [0.05, 0.1) is 34.8 Å². The Morgan fingerprint density at radius 2 is 1.92 bits per heavy atom. The Kier molecular flexibility index (Phi) is 11.8. The van der Waals surface area contributed by atoms with Crippen LogP contribution in [0.1, 0.15) is 63.4 Å². The molecule has 0 aliphatic rings. The van der Waals surface area contributed by atoms with Crippen molar-refractivity contribution < 1.29 is 18.5 Å². The first-order valence-electron chi connectivity index (χ1n) is 12.3. The average molecular weight is 539 g/mol. The van der Waals surface area contributed by atoms with Crippen molar-refractivity contribution in [2.24, 2.45) is 0 Å². The van der Waals surface area contributed by atoms with E-state index in [1.54, 1.807) is 47.4 Å². The second-order valence-electron chi connectivity index (χ2n) is 8.41. The quantitative estimate of drug-likeness (QED) is 0.278. The van der Waals surface area contributed by atoms with Gasteiger partial charge in [-0.05, 0) is 61.9 Å². The van der Waals surface area contributed by atoms with Crippen LogP contribution < -0.4 is 5.32 Å². The van der Waals surface area contributed by atoms with Crippen LogP contribution in [0.2, 0.25) is 0 Å². The molecule has 0 aliphatic carbocycles. The highest BCUT2D eigenvalue weighted by atomic mass is 32.2. The summed E-state index contributed by atoms with van der Waals surface area (Å²) in [6.45, 7) is 16.2. The van der Waals surface area contributed by atoms with Gasteiger partial charge < -0.3 is 10.4 Å². The third kappa shape index (κ3) is 8.08. The van der Waals surface area contributed by atoms with E-state index in [1.165, 1.54) is 18.6 Å². The molecule has 9 heteroatoms. The van der Waals surface area contributed by atoms with Crippen molar-refractivity contribution in [1.29, 1.82) is 0 Å². The number of hydrogen-bond donors (Lipinski definition) is 2. The minimum absolute atomic E-state index is 0.00536. The molecule has 202 valence electrons. The zero-order chi connectivity index (χ0) is 28.2. The number of rotatable bonds is 11. The predicted molar refractivity (Wildman–Crippen MR) is 152 cm³/mol. The molecule has 38 heavy (non-hydrogen) atoms. The number of halogens is 1. The van der Waals surface area contributed by atoms with Gasteiger partial charge in [0.25, 0.3) is 0 Å². The first-order chi connectivity index (χ1) is 18.2. The van der Waals surface area contributed by atoms with Gasteiger partial charge in [0.2, 0.25) is 0 Å². The molecule has 2 heterocycles. The summed E-state index contributed by atoms with van der Waals surface area (Å²) in [5, 5.41) is 17.0. The van der Waals surface area contributed by atoms with Crippen molar-refractivity contribution in [2.45, 2.75) is 51.6 Å². The summed E-state index contributed by atoms with van der Waals surface area (Å²) < 4.78 is 27.4. The Morgan fingerprint density at radius 1 is 1.26 bits per heavy atom. The summed E-state index contributed by atoms with van der Waals surface area (Å²) in [5.74, 6) is -1.32. The Hall–Kier alpha value is -3.85. The van der Waals surface area contributed by atoms with Crippen LogP contribution in [0.5, 0.6) is 0 Å². The van der Waals surface area contributed by atoms with Crippen LogP contribution in [0, 0.1) is 5.82 Å². The number of nitrogens with zero attached hydrogens (tertiary/aromatic N) is 3. The lowest BCUT2D eigenvalue weighted by Crippen LogP contribution is -2.19. The van der Waals surface area contributed by atoms with E-state index in [0.717, 1.165) is 22.4 Å². The van der Waals surface area contributed by atoms with E-state index in [9.17, 15) is 13.4 Å². The molecule has 0 saturated heterocycles. The van der Waals surface area contributed by atoms with Crippen molar-refractivity contribution in [1.82, 2.24) is 20.1 Å². The molecule has 0 spiro atoms. The molecule has 2 unspecified atom stereocenters. The number of pyridine rings is 1. The van der Waals surface area contributed by atoms with Crippen LogP contribution >= 0.6 is 0 Å². The minimum Gasteiger partial charge on any atom is -0.481 e. The van der Waals surface area contributed by atoms with Gasteiger partial charge >= 0.3 is 5.97 Å². The normalized spacial score (nSPS) is 12.6. The van der Waals surface area contributed by atoms with Crippen molar-refractivity contribution in [2.75, 3.05) is 5.75 Å². The van der Waals surface area contributed by atoms with Crippen LogP contribution in [0.3, 0.4) is 0 Å². The van der Waals surface area contributed by atoms with Gasteiger partial charge in [0.1, 0.15) is 10.8 Å². The van der Waals surface area contributed by atoms with Crippen molar-refractivity contribution >= 4 is 28.4 Å². The Balaban J connectivity index is 0.00000161. The number of carboxylic acids is 1. The van der Waals surface area contributed by atoms with Crippen LogP contribution in [0.4, 0.5) is 4.39 Å². The van der Waals surface area contributed by atoms with E-state index < -0.39 is 16.8 Å². The Bertz CT molecular complexity index is 1320. The molecular weight excluding hydrogens is 503 g/mol. The fourth-order valence-corrected chi connectivity index (χ4v) is 4.58. The van der Waals surface area contributed by atoms with Gasteiger partial charge in [-0.25, -0.2) is 14.1 Å². The highest BCUT2D eigenvalue weighted by Gasteiger charge is 2.18. The number of aliphatic carboxylic acids is 1. The molecule has 0 radical (unpaired) electrons. The maximum Gasteiger partial charge on any atom is 0.304 e. The Labute approximate surface area is 226 Å². The Morgan fingerprint density at radius 3 is 2.50 bits per heavy atom. The number of carboxylic acid groups (broad SMARTS) is 1. The topological polar surface area (TPSA) is 97.1 Å². The summed E-state index contributed by atoms with van der Waals surface area (Å²) in [5.41, 5.74) is 4.55. The lowest BCUT2D eigenvalue weighted by molar-refractivity contribution is -0.136. The molecule has 1 aromatic carbocycles. The van der Waals surface area contributed by atoms with E-state index in [4.69, 9.17) is 5.11 Å². The number of benzene rings is 1. The molecule has 3 aromatic rings. The molecule has 0 amide bonds. The number of allylic oxidation sites excluding steroid dienone is 2. The SMILES string of the molecule is C=Cc1c(/C(=C\C)C(=C)NC(C)c2ccnc(S(=O)CCC(=O)O)c2)cnn1-c1ccc(F)cc1.CCC. The van der Waals surface area contributed by atoms with Crippen molar-refractivity contribution in [3.63, 3.8) is 0 Å². The number of aromatic nitrogens is 3.